The van der Waals surface area contributed by atoms with Crippen molar-refractivity contribution in [1.82, 2.24) is 0 Å². The molecule has 2 rings (SSSR count). The van der Waals surface area contributed by atoms with Crippen molar-refractivity contribution in [2.24, 2.45) is 0 Å². The molecule has 0 bridgehead atoms. The predicted octanol–water partition coefficient (Wildman–Crippen LogP) is 3.20. The Morgan fingerprint density at radius 3 is 1.89 bits per heavy atom. The number of rotatable bonds is 3. The fourth-order valence-electron chi connectivity index (χ4n) is 2.69. The molecule has 2 heteroatoms. The molecule has 0 spiro atoms. The van der Waals surface area contributed by atoms with E-state index in [9.17, 15) is 0 Å². The third-order valence-electron chi connectivity index (χ3n) is 3.53. The molecule has 0 saturated carbocycles. The van der Waals surface area contributed by atoms with Gasteiger partial charge in [0.1, 0.15) is 0 Å². The maximum absolute atomic E-state index is 4.53. The normalized spacial score (nSPS) is 11.4. The zero-order valence-corrected chi connectivity index (χ0v) is 14.6. The van der Waals surface area contributed by atoms with Gasteiger partial charge in [-0.25, -0.2) is 0 Å². The van der Waals surface area contributed by atoms with Crippen LogP contribution in [-0.2, 0) is 6.04 Å². The summed E-state index contributed by atoms with van der Waals surface area (Å²) in [5.41, 5.74) is 6.85. The van der Waals surface area contributed by atoms with Crippen LogP contribution in [0.4, 0.5) is 0 Å². The lowest BCUT2D eigenvalue weighted by atomic mass is 10.1. The summed E-state index contributed by atoms with van der Waals surface area (Å²) in [6, 6.07) is 12.8. The standard InChI is InChI=1S/C17H22SSi/c1-11-5-12(2)7-16(6-11)19-10-15-8-13(3)17(18)14(4)9-15/h5-9,18H,10,19H2,1-4H3. The molecule has 0 aliphatic rings. The van der Waals surface area contributed by atoms with Gasteiger partial charge >= 0.3 is 0 Å². The van der Waals surface area contributed by atoms with E-state index in [0.717, 1.165) is 4.90 Å². The number of benzene rings is 2. The summed E-state index contributed by atoms with van der Waals surface area (Å²) < 4.78 is 0. The van der Waals surface area contributed by atoms with Crippen LogP contribution in [0.15, 0.2) is 35.2 Å². The van der Waals surface area contributed by atoms with E-state index < -0.39 is 0 Å². The quantitative estimate of drug-likeness (QED) is 0.650. The number of hydrogen-bond acceptors (Lipinski definition) is 1. The second-order valence-electron chi connectivity index (χ2n) is 5.57. The van der Waals surface area contributed by atoms with E-state index >= 15 is 0 Å². The third-order valence-corrected chi connectivity index (χ3v) is 6.05. The lowest BCUT2D eigenvalue weighted by Crippen LogP contribution is -2.17. The molecular formula is C17H22SSi. The highest BCUT2D eigenvalue weighted by atomic mass is 32.1. The van der Waals surface area contributed by atoms with Gasteiger partial charge < -0.3 is 0 Å². The lowest BCUT2D eigenvalue weighted by molar-refractivity contribution is 1.18. The van der Waals surface area contributed by atoms with E-state index in [-0.39, 0.29) is 9.52 Å². The van der Waals surface area contributed by atoms with Crippen molar-refractivity contribution >= 4 is 27.3 Å². The highest BCUT2D eigenvalue weighted by molar-refractivity contribution is 7.80. The molecule has 0 fully saturated rings. The molecule has 2 aromatic rings. The lowest BCUT2D eigenvalue weighted by Gasteiger charge is -2.09. The molecule has 100 valence electrons. The van der Waals surface area contributed by atoms with Gasteiger partial charge in [-0.05, 0) is 44.9 Å². The average molecular weight is 287 g/mol. The Balaban J connectivity index is 2.14. The Kier molecular flexibility index (Phi) is 4.53. The van der Waals surface area contributed by atoms with Crippen LogP contribution in [-0.4, -0.2) is 9.52 Å². The minimum absolute atomic E-state index is 0.222. The van der Waals surface area contributed by atoms with Crippen LogP contribution >= 0.6 is 12.6 Å². The molecule has 0 N–H and O–H groups in total. The zero-order chi connectivity index (χ0) is 14.0. The summed E-state index contributed by atoms with van der Waals surface area (Å²) in [5, 5.41) is 1.57. The Bertz CT molecular complexity index is 559. The first kappa shape index (κ1) is 14.4. The van der Waals surface area contributed by atoms with E-state index in [4.69, 9.17) is 0 Å². The van der Waals surface area contributed by atoms with Crippen molar-refractivity contribution in [2.75, 3.05) is 0 Å². The molecule has 0 unspecified atom stereocenters. The molecule has 0 aliphatic carbocycles. The number of hydrogen-bond donors (Lipinski definition) is 1. The topological polar surface area (TPSA) is 0 Å². The Morgan fingerprint density at radius 1 is 0.842 bits per heavy atom. The largest absolute Gasteiger partial charge is 0.143 e. The average Bonchev–Trinajstić information content (AvgIpc) is 2.32. The van der Waals surface area contributed by atoms with E-state index in [1.165, 1.54) is 33.9 Å². The first-order chi connectivity index (χ1) is 8.95. The van der Waals surface area contributed by atoms with Crippen molar-refractivity contribution in [3.63, 3.8) is 0 Å². The number of aryl methyl sites for hydroxylation is 4. The first-order valence-electron chi connectivity index (χ1n) is 6.82. The molecule has 0 aromatic heterocycles. The van der Waals surface area contributed by atoms with Crippen LogP contribution < -0.4 is 5.19 Å². The minimum Gasteiger partial charge on any atom is -0.143 e. The van der Waals surface area contributed by atoms with Gasteiger partial charge in [-0.15, -0.1) is 12.6 Å². The summed E-state index contributed by atoms with van der Waals surface area (Å²) in [6.45, 7) is 8.68. The van der Waals surface area contributed by atoms with E-state index in [1.807, 2.05) is 0 Å². The molecule has 0 heterocycles. The van der Waals surface area contributed by atoms with Crippen LogP contribution in [0.3, 0.4) is 0 Å². The molecule has 2 aromatic carbocycles. The molecule has 0 radical (unpaired) electrons. The summed E-state index contributed by atoms with van der Waals surface area (Å²) >= 11 is 4.53. The molecule has 0 atom stereocenters. The smallest absolute Gasteiger partial charge is 0.0590 e. The third kappa shape index (κ3) is 3.74. The molecule has 19 heavy (non-hydrogen) atoms. The van der Waals surface area contributed by atoms with Crippen LogP contribution in [0, 0.1) is 27.7 Å². The van der Waals surface area contributed by atoms with Gasteiger partial charge in [-0.2, -0.15) is 0 Å². The first-order valence-corrected chi connectivity index (χ1v) is 8.97. The van der Waals surface area contributed by atoms with Crippen molar-refractivity contribution in [2.45, 2.75) is 38.6 Å². The fourth-order valence-corrected chi connectivity index (χ4v) is 4.62. The van der Waals surface area contributed by atoms with Crippen molar-refractivity contribution in [1.29, 1.82) is 0 Å². The Labute approximate surface area is 124 Å². The van der Waals surface area contributed by atoms with E-state index in [2.05, 4.69) is 70.7 Å². The highest BCUT2D eigenvalue weighted by Gasteiger charge is 2.03. The van der Waals surface area contributed by atoms with Gasteiger partial charge in [0.2, 0.25) is 0 Å². The minimum atomic E-state index is -0.222. The Hall–Kier alpha value is -0.993. The van der Waals surface area contributed by atoms with Crippen LogP contribution in [0.5, 0.6) is 0 Å². The summed E-state index contributed by atoms with van der Waals surface area (Å²) in [4.78, 5) is 1.14. The van der Waals surface area contributed by atoms with Gasteiger partial charge in [0.25, 0.3) is 0 Å². The molecule has 0 amide bonds. The SMILES string of the molecule is Cc1cc(C)cc([SiH2]Cc2cc(C)c(S)c(C)c2)c1. The molecular weight excluding hydrogens is 264 g/mol. The van der Waals surface area contributed by atoms with Gasteiger partial charge in [-0.3, -0.25) is 0 Å². The molecule has 0 nitrogen and oxygen atoms in total. The maximum Gasteiger partial charge on any atom is 0.0590 e. The van der Waals surface area contributed by atoms with E-state index in [1.54, 1.807) is 5.19 Å². The summed E-state index contributed by atoms with van der Waals surface area (Å²) in [7, 11) is -0.222. The van der Waals surface area contributed by atoms with Crippen LogP contribution in [0.2, 0.25) is 0 Å². The van der Waals surface area contributed by atoms with E-state index in [0.29, 0.717) is 0 Å². The van der Waals surface area contributed by atoms with Crippen LogP contribution in [0.1, 0.15) is 27.8 Å². The fraction of sp³-hybridized carbons (Fsp3) is 0.294. The number of thiol groups is 1. The second kappa shape index (κ2) is 5.97. The van der Waals surface area contributed by atoms with Crippen molar-refractivity contribution in [3.05, 3.63) is 58.1 Å². The van der Waals surface area contributed by atoms with Gasteiger partial charge in [0.15, 0.2) is 0 Å². The second-order valence-corrected chi connectivity index (χ2v) is 7.84. The predicted molar refractivity (Wildman–Crippen MR) is 91.0 cm³/mol. The summed E-state index contributed by atoms with van der Waals surface area (Å²) in [5.74, 6) is 0. The highest BCUT2D eigenvalue weighted by Crippen LogP contribution is 2.20. The zero-order valence-electron chi connectivity index (χ0n) is 12.2. The van der Waals surface area contributed by atoms with Crippen molar-refractivity contribution in [3.8, 4) is 0 Å². The van der Waals surface area contributed by atoms with Gasteiger partial charge in [0.05, 0.1) is 9.52 Å². The Morgan fingerprint density at radius 2 is 1.37 bits per heavy atom. The van der Waals surface area contributed by atoms with Gasteiger partial charge in [0, 0.05) is 4.90 Å². The molecule has 0 aliphatic heterocycles. The van der Waals surface area contributed by atoms with Crippen molar-refractivity contribution < 1.29 is 0 Å². The monoisotopic (exact) mass is 286 g/mol. The van der Waals surface area contributed by atoms with Gasteiger partial charge in [-0.1, -0.05) is 52.2 Å². The maximum atomic E-state index is 4.53. The van der Waals surface area contributed by atoms with Crippen LogP contribution in [0.25, 0.3) is 0 Å². The molecule has 0 saturated heterocycles. The summed E-state index contributed by atoms with van der Waals surface area (Å²) in [6.07, 6.45) is 0.